The number of carbonyl (C=O) groups excluding carboxylic acids is 1. The summed E-state index contributed by atoms with van der Waals surface area (Å²) in [7, 11) is -2.18. The third-order valence-electron chi connectivity index (χ3n) is 6.52. The van der Waals surface area contributed by atoms with Gasteiger partial charge in [-0.05, 0) is 47.7 Å². The maximum absolute atomic E-state index is 13.4. The zero-order valence-electron chi connectivity index (χ0n) is 24.3. The predicted octanol–water partition coefficient (Wildman–Crippen LogP) is 4.34. The van der Waals surface area contributed by atoms with Gasteiger partial charge in [-0.2, -0.15) is 4.98 Å². The number of carbonyl (C=O) groups is 1. The van der Waals surface area contributed by atoms with Gasteiger partial charge in [-0.1, -0.05) is 26.8 Å². The molecule has 12 heteroatoms. The fourth-order valence-electron chi connectivity index (χ4n) is 4.28. The van der Waals surface area contributed by atoms with Crippen LogP contribution in [-0.4, -0.2) is 68.9 Å². The number of nitrogens with one attached hydrogen (secondary N) is 2. The first-order valence-electron chi connectivity index (χ1n) is 13.2. The molecule has 41 heavy (non-hydrogen) atoms. The zero-order valence-corrected chi connectivity index (χ0v) is 25.1. The number of aryl methyl sites for hydroxylation is 1. The van der Waals surface area contributed by atoms with Crippen LogP contribution in [0.3, 0.4) is 0 Å². The van der Waals surface area contributed by atoms with E-state index in [4.69, 9.17) is 14.2 Å². The maximum atomic E-state index is 13.4. The van der Waals surface area contributed by atoms with E-state index in [1.165, 1.54) is 7.11 Å². The first-order valence-corrected chi connectivity index (χ1v) is 15.1. The van der Waals surface area contributed by atoms with E-state index in [-0.39, 0.29) is 16.9 Å². The fourth-order valence-corrected chi connectivity index (χ4v) is 4.83. The number of rotatable bonds is 9. The van der Waals surface area contributed by atoms with E-state index in [1.807, 2.05) is 27.7 Å². The Balaban J connectivity index is 1.58. The number of nitrogens with zero attached hydrogens (tertiary/aromatic N) is 3. The fraction of sp³-hybridized carbons (Fsp3) is 0.414. The van der Waals surface area contributed by atoms with Crippen LogP contribution in [0.2, 0.25) is 0 Å². The molecule has 2 aromatic carbocycles. The van der Waals surface area contributed by atoms with Gasteiger partial charge in [0.2, 0.25) is 15.9 Å². The molecule has 0 unspecified atom stereocenters. The second kappa shape index (κ2) is 12.4. The van der Waals surface area contributed by atoms with E-state index in [9.17, 15) is 13.2 Å². The van der Waals surface area contributed by atoms with Gasteiger partial charge in [0.15, 0.2) is 5.75 Å². The van der Waals surface area contributed by atoms with Gasteiger partial charge < -0.3 is 19.5 Å². The summed E-state index contributed by atoms with van der Waals surface area (Å²) in [5.74, 6) is 1.28. The third-order valence-corrected chi connectivity index (χ3v) is 7.11. The predicted molar refractivity (Wildman–Crippen MR) is 157 cm³/mol. The quantitative estimate of drug-likeness (QED) is 0.378. The van der Waals surface area contributed by atoms with Gasteiger partial charge in [0.1, 0.15) is 11.6 Å². The van der Waals surface area contributed by atoms with Crippen LogP contribution in [0, 0.1) is 6.92 Å². The largest absolute Gasteiger partial charge is 0.492 e. The summed E-state index contributed by atoms with van der Waals surface area (Å²) in [4.78, 5) is 24.6. The van der Waals surface area contributed by atoms with Crippen molar-refractivity contribution in [3.63, 3.8) is 0 Å². The number of hydrogen-bond donors (Lipinski definition) is 2. The molecule has 1 saturated heterocycles. The monoisotopic (exact) mass is 583 g/mol. The summed E-state index contributed by atoms with van der Waals surface area (Å²) in [6, 6.07) is 10.3. The van der Waals surface area contributed by atoms with Crippen molar-refractivity contribution in [2.75, 3.05) is 49.7 Å². The van der Waals surface area contributed by atoms with Crippen molar-refractivity contribution < 1.29 is 27.4 Å². The van der Waals surface area contributed by atoms with Crippen LogP contribution in [0.1, 0.15) is 48.1 Å². The Morgan fingerprint density at radius 2 is 1.80 bits per heavy atom. The van der Waals surface area contributed by atoms with Crippen LogP contribution >= 0.6 is 0 Å². The Morgan fingerprint density at radius 1 is 1.10 bits per heavy atom. The first kappa shape index (κ1) is 30.2. The number of anilines is 2. The van der Waals surface area contributed by atoms with E-state index in [2.05, 4.69) is 24.9 Å². The molecule has 0 aliphatic carbocycles. The van der Waals surface area contributed by atoms with E-state index in [1.54, 1.807) is 42.6 Å². The minimum Gasteiger partial charge on any atom is -0.492 e. The molecule has 1 aliphatic rings. The minimum atomic E-state index is -3.60. The van der Waals surface area contributed by atoms with Gasteiger partial charge in [0.25, 0.3) is 5.91 Å². The normalized spacial score (nSPS) is 14.4. The Labute approximate surface area is 241 Å². The lowest BCUT2D eigenvalue weighted by Gasteiger charge is -2.25. The summed E-state index contributed by atoms with van der Waals surface area (Å²) < 4.78 is 43.6. The molecule has 0 radical (unpaired) electrons. The highest BCUT2D eigenvalue weighted by Crippen LogP contribution is 2.39. The van der Waals surface area contributed by atoms with Crippen LogP contribution in [0.5, 0.6) is 17.4 Å². The molecular weight excluding hydrogens is 546 g/mol. The summed E-state index contributed by atoms with van der Waals surface area (Å²) >= 11 is 0. The van der Waals surface area contributed by atoms with Crippen molar-refractivity contribution in [3.05, 3.63) is 65.1 Å². The number of methoxy groups -OCH3 is 1. The Bertz CT molecular complexity index is 1510. The molecule has 0 saturated carbocycles. The van der Waals surface area contributed by atoms with Crippen molar-refractivity contribution in [3.8, 4) is 17.4 Å². The molecule has 1 amide bonds. The second-order valence-corrected chi connectivity index (χ2v) is 12.7. The second-order valence-electron chi connectivity index (χ2n) is 11.0. The van der Waals surface area contributed by atoms with Gasteiger partial charge in [0.05, 0.1) is 44.5 Å². The van der Waals surface area contributed by atoms with Gasteiger partial charge in [-0.3, -0.25) is 14.4 Å². The van der Waals surface area contributed by atoms with Crippen molar-refractivity contribution in [1.29, 1.82) is 0 Å². The molecule has 2 N–H and O–H groups in total. The van der Waals surface area contributed by atoms with E-state index < -0.39 is 15.9 Å². The molecule has 0 spiro atoms. The third kappa shape index (κ3) is 8.15. The van der Waals surface area contributed by atoms with Crippen LogP contribution < -0.4 is 19.5 Å². The van der Waals surface area contributed by atoms with Crippen LogP contribution in [0.4, 0.5) is 11.4 Å². The summed E-state index contributed by atoms with van der Waals surface area (Å²) in [5.41, 5.74) is 2.22. The van der Waals surface area contributed by atoms with Crippen molar-refractivity contribution in [1.82, 2.24) is 14.9 Å². The van der Waals surface area contributed by atoms with Crippen LogP contribution in [0.25, 0.3) is 0 Å². The average molecular weight is 584 g/mol. The molecule has 2 heterocycles. The van der Waals surface area contributed by atoms with E-state index in [0.29, 0.717) is 48.5 Å². The number of benzene rings is 2. The summed E-state index contributed by atoms with van der Waals surface area (Å²) in [5, 5.41) is 2.89. The topological polar surface area (TPSA) is 132 Å². The number of sulfonamides is 1. The van der Waals surface area contributed by atoms with Gasteiger partial charge in [0, 0.05) is 30.9 Å². The number of ether oxygens (including phenoxy) is 3. The van der Waals surface area contributed by atoms with Gasteiger partial charge in [-0.15, -0.1) is 0 Å². The Morgan fingerprint density at radius 3 is 2.46 bits per heavy atom. The number of morpholine rings is 1. The number of amides is 1. The SMILES string of the molecule is COc1c(NC(=O)c2ccc(C)c(Oc3ccnc(CN4CCOCC4)n3)c2)cc(C(C)(C)C)cc1NS(C)(=O)=O. The molecule has 1 aliphatic heterocycles. The first-order chi connectivity index (χ1) is 19.3. The zero-order chi connectivity index (χ0) is 29.8. The highest BCUT2D eigenvalue weighted by Gasteiger charge is 2.23. The van der Waals surface area contributed by atoms with Crippen LogP contribution in [0.15, 0.2) is 42.6 Å². The molecule has 1 fully saturated rings. The number of aromatic nitrogens is 2. The lowest BCUT2D eigenvalue weighted by molar-refractivity contribution is 0.0330. The van der Waals surface area contributed by atoms with Crippen molar-refractivity contribution in [2.45, 2.75) is 39.7 Å². The standard InChI is InChI=1S/C29H37N5O6S/c1-19-7-8-20(15-24(19)40-26-9-10-30-25(32-26)18-34-11-13-39-14-12-34)28(35)31-22-16-21(29(2,3)4)17-23(27(22)38-5)33-41(6,36)37/h7-10,15-17,33H,11-14,18H2,1-6H3,(H,31,35). The molecule has 220 valence electrons. The highest BCUT2D eigenvalue weighted by molar-refractivity contribution is 7.92. The molecule has 1 aromatic heterocycles. The van der Waals surface area contributed by atoms with Crippen molar-refractivity contribution >= 4 is 27.3 Å². The van der Waals surface area contributed by atoms with E-state index >= 15 is 0 Å². The molecule has 3 aromatic rings. The summed E-state index contributed by atoms with van der Waals surface area (Å²) in [6.07, 6.45) is 2.71. The highest BCUT2D eigenvalue weighted by atomic mass is 32.2. The molecule has 0 bridgehead atoms. The van der Waals surface area contributed by atoms with Gasteiger partial charge in [-0.25, -0.2) is 13.4 Å². The lowest BCUT2D eigenvalue weighted by Crippen LogP contribution is -2.36. The lowest BCUT2D eigenvalue weighted by atomic mass is 9.86. The van der Waals surface area contributed by atoms with Gasteiger partial charge >= 0.3 is 0 Å². The molecule has 11 nitrogen and oxygen atoms in total. The number of hydrogen-bond acceptors (Lipinski definition) is 9. The molecular formula is C29H37N5O6S. The van der Waals surface area contributed by atoms with E-state index in [0.717, 1.165) is 30.5 Å². The van der Waals surface area contributed by atoms with Crippen molar-refractivity contribution in [2.24, 2.45) is 0 Å². The van der Waals surface area contributed by atoms with Crippen LogP contribution in [-0.2, 0) is 26.7 Å². The average Bonchev–Trinajstić information content (AvgIpc) is 2.89. The Hall–Kier alpha value is -3.74. The molecule has 0 atom stereocenters. The maximum Gasteiger partial charge on any atom is 0.255 e. The summed E-state index contributed by atoms with van der Waals surface area (Å²) in [6.45, 7) is 11.5. The molecule has 4 rings (SSSR count). The Kier molecular flexibility index (Phi) is 9.15. The minimum absolute atomic E-state index is 0.203. The smallest absolute Gasteiger partial charge is 0.255 e.